The lowest BCUT2D eigenvalue weighted by molar-refractivity contribution is -0.0779. The van der Waals surface area contributed by atoms with Gasteiger partial charge in [0.1, 0.15) is 0 Å². The molecule has 136 valence electrons. The van der Waals surface area contributed by atoms with Gasteiger partial charge in [0.05, 0.1) is 18.8 Å². The monoisotopic (exact) mass is 334 g/mol. The van der Waals surface area contributed by atoms with Crippen LogP contribution in [-0.2, 0) is 0 Å². The van der Waals surface area contributed by atoms with Crippen LogP contribution >= 0.6 is 0 Å². The van der Waals surface area contributed by atoms with E-state index < -0.39 is 6.10 Å². The summed E-state index contributed by atoms with van der Waals surface area (Å²) in [6.07, 6.45) is 10.6. The molecule has 0 heterocycles. The fourth-order valence-corrected chi connectivity index (χ4v) is 7.44. The van der Waals surface area contributed by atoms with Gasteiger partial charge in [0.25, 0.3) is 0 Å². The quantitative estimate of drug-likeness (QED) is 0.679. The van der Waals surface area contributed by atoms with E-state index in [1.807, 2.05) is 0 Å². The number of aliphatic hydroxyl groups is 3. The van der Waals surface area contributed by atoms with Gasteiger partial charge in [0.15, 0.2) is 0 Å². The Morgan fingerprint density at radius 1 is 1.12 bits per heavy atom. The Morgan fingerprint density at radius 2 is 1.92 bits per heavy atom. The zero-order valence-electron chi connectivity index (χ0n) is 15.2. The zero-order chi connectivity index (χ0) is 17.1. The molecule has 24 heavy (non-hydrogen) atoms. The maximum absolute atomic E-state index is 10.3. The average molecular weight is 335 g/mol. The van der Waals surface area contributed by atoms with Gasteiger partial charge in [-0.05, 0) is 85.9 Å². The summed E-state index contributed by atoms with van der Waals surface area (Å²) >= 11 is 0. The van der Waals surface area contributed by atoms with Crippen LogP contribution in [0.5, 0.6) is 0 Å². The van der Waals surface area contributed by atoms with Crippen molar-refractivity contribution in [2.24, 2.45) is 34.5 Å². The minimum Gasteiger partial charge on any atom is -0.394 e. The lowest BCUT2D eigenvalue weighted by Crippen LogP contribution is -2.51. The topological polar surface area (TPSA) is 60.7 Å². The molecule has 0 amide bonds. The zero-order valence-corrected chi connectivity index (χ0v) is 15.2. The molecule has 0 aliphatic heterocycles. The Bertz CT molecular complexity index is 529. The Hall–Kier alpha value is -0.380. The van der Waals surface area contributed by atoms with Crippen LogP contribution in [-0.4, -0.2) is 34.1 Å². The predicted molar refractivity (Wildman–Crippen MR) is 94.3 cm³/mol. The lowest BCUT2D eigenvalue weighted by atomic mass is 9.47. The number of rotatable bonds is 2. The summed E-state index contributed by atoms with van der Waals surface area (Å²) in [6.45, 7) is 4.75. The third kappa shape index (κ3) is 2.27. The third-order valence-corrected chi connectivity index (χ3v) is 8.80. The van der Waals surface area contributed by atoms with E-state index in [1.54, 1.807) is 0 Å². The number of hydrogen-bond donors (Lipinski definition) is 3. The first-order chi connectivity index (χ1) is 11.4. The van der Waals surface area contributed by atoms with Crippen LogP contribution < -0.4 is 0 Å². The molecule has 0 spiro atoms. The Kier molecular flexibility index (Phi) is 4.14. The van der Waals surface area contributed by atoms with Gasteiger partial charge in [0, 0.05) is 0 Å². The van der Waals surface area contributed by atoms with Crippen molar-refractivity contribution in [3.8, 4) is 0 Å². The second kappa shape index (κ2) is 5.82. The molecule has 3 fully saturated rings. The molecular weight excluding hydrogens is 300 g/mol. The predicted octanol–water partition coefficient (Wildman–Crippen LogP) is 3.28. The molecular formula is C21H34O3. The fraction of sp³-hybridized carbons (Fsp3) is 0.905. The molecule has 3 heteroatoms. The van der Waals surface area contributed by atoms with Crippen molar-refractivity contribution >= 4 is 0 Å². The van der Waals surface area contributed by atoms with Crippen LogP contribution in [0, 0.1) is 34.5 Å². The third-order valence-electron chi connectivity index (χ3n) is 8.80. The smallest absolute Gasteiger partial charge is 0.0804 e. The maximum Gasteiger partial charge on any atom is 0.0804 e. The molecule has 3 saturated carbocycles. The molecule has 4 aliphatic rings. The van der Waals surface area contributed by atoms with E-state index in [1.165, 1.54) is 24.8 Å². The summed E-state index contributed by atoms with van der Waals surface area (Å²) in [4.78, 5) is 0. The number of hydrogen-bond acceptors (Lipinski definition) is 3. The van der Waals surface area contributed by atoms with Crippen molar-refractivity contribution in [3.05, 3.63) is 11.6 Å². The first-order valence-electron chi connectivity index (χ1n) is 10.1. The largest absolute Gasteiger partial charge is 0.394 e. The summed E-state index contributed by atoms with van der Waals surface area (Å²) in [5, 5.41) is 29.9. The first kappa shape index (κ1) is 17.1. The van der Waals surface area contributed by atoms with E-state index in [9.17, 15) is 15.3 Å². The second-order valence-electron chi connectivity index (χ2n) is 9.63. The van der Waals surface area contributed by atoms with Crippen LogP contribution in [0.3, 0.4) is 0 Å². The molecule has 8 atom stereocenters. The van der Waals surface area contributed by atoms with Gasteiger partial charge in [-0.25, -0.2) is 0 Å². The molecule has 4 aliphatic carbocycles. The minimum absolute atomic E-state index is 0.0965. The molecule has 0 radical (unpaired) electrons. The highest BCUT2D eigenvalue weighted by Crippen LogP contribution is 2.66. The summed E-state index contributed by atoms with van der Waals surface area (Å²) in [7, 11) is 0. The van der Waals surface area contributed by atoms with Gasteiger partial charge >= 0.3 is 0 Å². The fourth-order valence-electron chi connectivity index (χ4n) is 7.44. The lowest BCUT2D eigenvalue weighted by Gasteiger charge is -2.58. The van der Waals surface area contributed by atoms with Crippen molar-refractivity contribution in [1.82, 2.24) is 0 Å². The van der Waals surface area contributed by atoms with Crippen molar-refractivity contribution in [1.29, 1.82) is 0 Å². The second-order valence-corrected chi connectivity index (χ2v) is 9.63. The van der Waals surface area contributed by atoms with Crippen molar-refractivity contribution in [2.45, 2.75) is 77.4 Å². The van der Waals surface area contributed by atoms with Gasteiger partial charge in [-0.1, -0.05) is 25.5 Å². The van der Waals surface area contributed by atoms with E-state index in [2.05, 4.69) is 19.9 Å². The number of fused-ring (bicyclic) bond motifs is 5. The van der Waals surface area contributed by atoms with E-state index in [4.69, 9.17) is 0 Å². The van der Waals surface area contributed by atoms with Crippen molar-refractivity contribution in [2.75, 3.05) is 6.61 Å². The molecule has 0 bridgehead atoms. The highest BCUT2D eigenvalue weighted by Gasteiger charge is 2.59. The summed E-state index contributed by atoms with van der Waals surface area (Å²) in [5.41, 5.74) is 2.01. The maximum atomic E-state index is 10.3. The molecule has 3 N–H and O–H groups in total. The van der Waals surface area contributed by atoms with Gasteiger partial charge < -0.3 is 15.3 Å². The van der Waals surface area contributed by atoms with E-state index in [0.29, 0.717) is 5.92 Å². The van der Waals surface area contributed by atoms with Crippen LogP contribution in [0.2, 0.25) is 0 Å². The van der Waals surface area contributed by atoms with Gasteiger partial charge in [-0.3, -0.25) is 0 Å². The Balaban J connectivity index is 1.63. The number of allylic oxidation sites excluding steroid dienone is 1. The highest BCUT2D eigenvalue weighted by molar-refractivity contribution is 5.25. The SMILES string of the molecule is C[C@@]12CC[C@@H]3[C@H](CC=C4C[C@@H](O)CC[C@@]43C)[C@H]1CC[C@H]2[C@H](O)CO. The van der Waals surface area contributed by atoms with Crippen LogP contribution in [0.25, 0.3) is 0 Å². The van der Waals surface area contributed by atoms with Crippen molar-refractivity contribution < 1.29 is 15.3 Å². The standard InChI is InChI=1S/C21H34O3/c1-20-9-7-14(23)11-13(20)3-4-15-16-5-6-18(19(24)12-22)21(16,2)10-8-17(15)20/h3,14-19,22-24H,4-12H2,1-2H3/t14-,15+,16+,17+,18-,19+,20-,21+/m0/s1. The van der Waals surface area contributed by atoms with E-state index >= 15 is 0 Å². The summed E-state index contributed by atoms with van der Waals surface area (Å²) in [5.74, 6) is 2.42. The van der Waals surface area contributed by atoms with E-state index in [0.717, 1.165) is 43.9 Å². The molecule has 0 aromatic heterocycles. The van der Waals surface area contributed by atoms with Crippen LogP contribution in [0.15, 0.2) is 11.6 Å². The first-order valence-corrected chi connectivity index (χ1v) is 10.1. The summed E-state index contributed by atoms with van der Waals surface area (Å²) in [6, 6.07) is 0. The van der Waals surface area contributed by atoms with Crippen LogP contribution in [0.4, 0.5) is 0 Å². The normalized spacial score (nSPS) is 52.0. The van der Waals surface area contributed by atoms with Crippen molar-refractivity contribution in [3.63, 3.8) is 0 Å². The molecule has 4 rings (SSSR count). The van der Waals surface area contributed by atoms with Gasteiger partial charge in [-0.2, -0.15) is 0 Å². The Labute approximate surface area is 146 Å². The molecule has 3 nitrogen and oxygen atoms in total. The Morgan fingerprint density at radius 3 is 2.67 bits per heavy atom. The van der Waals surface area contributed by atoms with E-state index in [-0.39, 0.29) is 29.5 Å². The molecule has 0 aromatic carbocycles. The van der Waals surface area contributed by atoms with Gasteiger partial charge in [0.2, 0.25) is 0 Å². The summed E-state index contributed by atoms with van der Waals surface area (Å²) < 4.78 is 0. The number of aliphatic hydroxyl groups excluding tert-OH is 3. The highest BCUT2D eigenvalue weighted by atomic mass is 16.3. The van der Waals surface area contributed by atoms with Gasteiger partial charge in [-0.15, -0.1) is 0 Å². The average Bonchev–Trinajstić information content (AvgIpc) is 2.92. The molecule has 0 aromatic rings. The minimum atomic E-state index is -0.549. The molecule has 0 unspecified atom stereocenters. The van der Waals surface area contributed by atoms with Crippen LogP contribution in [0.1, 0.15) is 65.2 Å². The molecule has 0 saturated heterocycles.